The molecule has 0 bridgehead atoms. The third-order valence-corrected chi connectivity index (χ3v) is 7.54. The number of carbonyl (C=O) groups is 1. The van der Waals surface area contributed by atoms with Gasteiger partial charge in [-0.25, -0.2) is 8.42 Å². The van der Waals surface area contributed by atoms with E-state index < -0.39 is 10.0 Å². The molecule has 3 rings (SSSR count). The molecule has 2 aliphatic heterocycles. The largest absolute Gasteiger partial charge is 0.304 e. The van der Waals surface area contributed by atoms with Crippen LogP contribution in [0.3, 0.4) is 0 Å². The van der Waals surface area contributed by atoms with Crippen LogP contribution in [0.1, 0.15) is 32.6 Å². The maximum atomic E-state index is 12.9. The first-order chi connectivity index (χ1) is 11.7. The molecule has 0 aliphatic carbocycles. The van der Waals surface area contributed by atoms with E-state index in [9.17, 15) is 13.2 Å². The minimum absolute atomic E-state index is 0.0539. The molecule has 6 nitrogen and oxygen atoms in total. The summed E-state index contributed by atoms with van der Waals surface area (Å²) in [6, 6.07) is 8.50. The maximum Gasteiger partial charge on any atom is 0.243 e. The highest BCUT2D eigenvalue weighted by Gasteiger charge is 2.45. The highest BCUT2D eigenvalue weighted by molar-refractivity contribution is 7.89. The molecule has 0 spiro atoms. The first-order valence-corrected chi connectivity index (χ1v) is 10.1. The monoisotopic (exact) mass is 363 g/mol. The third kappa shape index (κ3) is 3.35. The van der Waals surface area contributed by atoms with Gasteiger partial charge in [-0.2, -0.15) is 4.31 Å². The number of hydrogen-bond donors (Lipinski definition) is 1. The summed E-state index contributed by atoms with van der Waals surface area (Å²) >= 11 is 0. The van der Waals surface area contributed by atoms with Gasteiger partial charge in [0.15, 0.2) is 0 Å². The normalized spacial score (nSPS) is 29.0. The van der Waals surface area contributed by atoms with Gasteiger partial charge in [0.25, 0.3) is 0 Å². The van der Waals surface area contributed by atoms with Crippen molar-refractivity contribution in [2.45, 2.75) is 37.5 Å². The number of hydrogen-bond acceptors (Lipinski definition) is 4. The molecule has 0 radical (unpaired) electrons. The highest BCUT2D eigenvalue weighted by Crippen LogP contribution is 2.44. The maximum absolute atomic E-state index is 12.9. The first-order valence-electron chi connectivity index (χ1n) is 8.63. The van der Waals surface area contributed by atoms with Crippen LogP contribution >= 0.6 is 0 Å². The lowest BCUT2D eigenvalue weighted by Gasteiger charge is -2.46. The van der Waals surface area contributed by atoms with Crippen LogP contribution in [0, 0.1) is 16.7 Å². The molecule has 1 N–H and O–H groups in total. The van der Waals surface area contributed by atoms with Gasteiger partial charge in [-0.15, -0.1) is 0 Å². The molecule has 1 unspecified atom stereocenters. The minimum atomic E-state index is -3.51. The Morgan fingerprint density at radius 2 is 1.88 bits per heavy atom. The second-order valence-corrected chi connectivity index (χ2v) is 9.36. The van der Waals surface area contributed by atoms with Crippen LogP contribution in [-0.4, -0.2) is 49.5 Å². The Morgan fingerprint density at radius 1 is 1.20 bits per heavy atom. The summed E-state index contributed by atoms with van der Waals surface area (Å²) in [4.78, 5) is 13.9. The van der Waals surface area contributed by atoms with Crippen molar-refractivity contribution in [3.63, 3.8) is 0 Å². The lowest BCUT2D eigenvalue weighted by Crippen LogP contribution is -2.51. The third-order valence-electron chi connectivity index (χ3n) is 5.66. The summed E-state index contributed by atoms with van der Waals surface area (Å²) in [5.74, 6) is 0.348. The summed E-state index contributed by atoms with van der Waals surface area (Å²) in [6.07, 6.45) is 2.56. The van der Waals surface area contributed by atoms with E-state index in [-0.39, 0.29) is 17.2 Å². The molecular formula is C18H25N3O3S. The zero-order chi connectivity index (χ0) is 18.2. The van der Waals surface area contributed by atoms with Gasteiger partial charge in [-0.05, 0) is 36.3 Å². The van der Waals surface area contributed by atoms with E-state index >= 15 is 0 Å². The van der Waals surface area contributed by atoms with Gasteiger partial charge in [-0.1, -0.05) is 25.1 Å². The molecule has 0 saturated carbocycles. The molecule has 1 aromatic carbocycles. The fourth-order valence-electron chi connectivity index (χ4n) is 3.94. The van der Waals surface area contributed by atoms with Crippen molar-refractivity contribution in [3.8, 4) is 0 Å². The number of amides is 1. The van der Waals surface area contributed by atoms with Gasteiger partial charge in [0, 0.05) is 33.0 Å². The fraction of sp³-hybridized carbons (Fsp3) is 0.556. The quantitative estimate of drug-likeness (QED) is 0.895. The average molecular weight is 363 g/mol. The molecule has 1 amide bonds. The van der Waals surface area contributed by atoms with Crippen molar-refractivity contribution in [2.24, 2.45) is 11.3 Å². The number of nitrogens with zero attached hydrogens (tertiary/aromatic N) is 2. The predicted octanol–water partition coefficient (Wildman–Crippen LogP) is 2.32. The van der Waals surface area contributed by atoms with Gasteiger partial charge >= 0.3 is 0 Å². The molecule has 1 aromatic rings. The van der Waals surface area contributed by atoms with Gasteiger partial charge in [0.1, 0.15) is 5.84 Å². The van der Waals surface area contributed by atoms with Crippen LogP contribution < -0.4 is 0 Å². The van der Waals surface area contributed by atoms with E-state index in [1.807, 2.05) is 6.92 Å². The Bertz CT molecular complexity index is 758. The summed E-state index contributed by atoms with van der Waals surface area (Å²) in [7, 11) is -1.88. The Hall–Kier alpha value is -1.73. The van der Waals surface area contributed by atoms with E-state index in [0.29, 0.717) is 36.7 Å². The predicted molar refractivity (Wildman–Crippen MR) is 95.8 cm³/mol. The van der Waals surface area contributed by atoms with Crippen LogP contribution in [0.4, 0.5) is 0 Å². The number of nitrogens with one attached hydrogen (secondary N) is 1. The van der Waals surface area contributed by atoms with Crippen LogP contribution in [0.5, 0.6) is 0 Å². The molecule has 136 valence electrons. The molecule has 2 atom stereocenters. The van der Waals surface area contributed by atoms with Crippen molar-refractivity contribution in [1.29, 1.82) is 5.41 Å². The zero-order valence-electron chi connectivity index (χ0n) is 14.7. The number of benzene rings is 1. The van der Waals surface area contributed by atoms with Crippen LogP contribution in [0.25, 0.3) is 0 Å². The van der Waals surface area contributed by atoms with E-state index in [1.54, 1.807) is 41.7 Å². The van der Waals surface area contributed by atoms with Gasteiger partial charge < -0.3 is 4.90 Å². The summed E-state index contributed by atoms with van der Waals surface area (Å²) in [5, 5.41) is 8.08. The van der Waals surface area contributed by atoms with Crippen molar-refractivity contribution in [3.05, 3.63) is 30.3 Å². The Balaban J connectivity index is 1.82. The molecule has 7 heteroatoms. The van der Waals surface area contributed by atoms with E-state index in [2.05, 4.69) is 0 Å². The van der Waals surface area contributed by atoms with Crippen molar-refractivity contribution in [2.75, 3.05) is 20.1 Å². The molecule has 2 fully saturated rings. The van der Waals surface area contributed by atoms with Gasteiger partial charge in [0.2, 0.25) is 15.9 Å². The molecule has 25 heavy (non-hydrogen) atoms. The van der Waals surface area contributed by atoms with Crippen molar-refractivity contribution < 1.29 is 13.2 Å². The summed E-state index contributed by atoms with van der Waals surface area (Å²) < 4.78 is 27.4. The summed E-state index contributed by atoms with van der Waals surface area (Å²) in [6.45, 7) is 2.95. The Labute approximate surface area is 149 Å². The number of rotatable bonds is 3. The molecule has 2 heterocycles. The average Bonchev–Trinajstić information content (AvgIpc) is 2.60. The SMILES string of the molecule is CN1C(=N)C[C@](C)(C2CCCN(S(=O)(=O)c3ccccc3)C2)CC1=O. The van der Waals surface area contributed by atoms with Gasteiger partial charge in [0.05, 0.1) is 4.90 Å². The number of amidine groups is 1. The Morgan fingerprint density at radius 3 is 2.52 bits per heavy atom. The lowest BCUT2D eigenvalue weighted by atomic mass is 9.67. The van der Waals surface area contributed by atoms with Crippen LogP contribution in [0.2, 0.25) is 0 Å². The Kier molecular flexibility index (Phi) is 4.72. The summed E-state index contributed by atoms with van der Waals surface area (Å²) in [5.41, 5.74) is -0.356. The lowest BCUT2D eigenvalue weighted by molar-refractivity contribution is -0.131. The fourth-order valence-corrected chi connectivity index (χ4v) is 5.48. The second-order valence-electron chi connectivity index (χ2n) is 7.42. The molecule has 2 aliphatic rings. The number of likely N-dealkylation sites (tertiary alicyclic amines) is 1. The molecule has 0 aromatic heterocycles. The highest BCUT2D eigenvalue weighted by atomic mass is 32.2. The van der Waals surface area contributed by atoms with E-state index in [0.717, 1.165) is 12.8 Å². The molecular weight excluding hydrogens is 338 g/mol. The van der Waals surface area contributed by atoms with Crippen molar-refractivity contribution >= 4 is 21.8 Å². The van der Waals surface area contributed by atoms with Crippen LogP contribution in [0.15, 0.2) is 35.2 Å². The smallest absolute Gasteiger partial charge is 0.243 e. The van der Waals surface area contributed by atoms with Crippen LogP contribution in [-0.2, 0) is 14.8 Å². The van der Waals surface area contributed by atoms with E-state index in [4.69, 9.17) is 5.41 Å². The zero-order valence-corrected chi connectivity index (χ0v) is 15.6. The number of sulfonamides is 1. The minimum Gasteiger partial charge on any atom is -0.304 e. The topological polar surface area (TPSA) is 81.5 Å². The van der Waals surface area contributed by atoms with E-state index in [1.165, 1.54) is 4.90 Å². The standard InChI is InChI=1S/C18H25N3O3S/c1-18(11-16(19)20(2)17(22)12-18)14-7-6-10-21(13-14)25(23,24)15-8-4-3-5-9-15/h3-5,8-9,14,19H,6-7,10-13H2,1-2H3/t14?,18-/m0/s1. The first kappa shape index (κ1) is 18.1. The molecule has 2 saturated heterocycles. The second kappa shape index (κ2) is 6.53. The van der Waals surface area contributed by atoms with Gasteiger partial charge in [-0.3, -0.25) is 10.2 Å². The number of piperidine rings is 2. The number of carbonyl (C=O) groups excluding carboxylic acids is 1. The van der Waals surface area contributed by atoms with Crippen molar-refractivity contribution in [1.82, 2.24) is 9.21 Å².